The van der Waals surface area contributed by atoms with Crippen LogP contribution in [0.15, 0.2) is 17.8 Å². The van der Waals surface area contributed by atoms with Crippen LogP contribution in [0.1, 0.15) is 37.8 Å². The Morgan fingerprint density at radius 1 is 1.38 bits per heavy atom. The van der Waals surface area contributed by atoms with E-state index >= 15 is 0 Å². The van der Waals surface area contributed by atoms with Crippen molar-refractivity contribution < 1.29 is 0 Å². The van der Waals surface area contributed by atoms with E-state index in [0.29, 0.717) is 0 Å². The molecule has 3 nitrogen and oxygen atoms in total. The van der Waals surface area contributed by atoms with Crippen LogP contribution in [0.3, 0.4) is 0 Å². The molecule has 0 spiro atoms. The molecule has 0 saturated heterocycles. The van der Waals surface area contributed by atoms with Crippen molar-refractivity contribution in [1.29, 1.82) is 0 Å². The van der Waals surface area contributed by atoms with E-state index in [1.165, 1.54) is 19.3 Å². The second-order valence-electron chi connectivity index (χ2n) is 4.92. The van der Waals surface area contributed by atoms with E-state index in [2.05, 4.69) is 27.2 Å². The van der Waals surface area contributed by atoms with E-state index in [9.17, 15) is 0 Å². The molecule has 2 N–H and O–H groups in total. The van der Waals surface area contributed by atoms with Gasteiger partial charge >= 0.3 is 0 Å². The SMILES string of the molecule is NC1(Cc2cn3ccsc3n2)CCCCC1. The maximum atomic E-state index is 6.44. The van der Waals surface area contributed by atoms with Gasteiger partial charge in [-0.25, -0.2) is 4.98 Å². The van der Waals surface area contributed by atoms with Gasteiger partial charge in [0.1, 0.15) is 0 Å². The summed E-state index contributed by atoms with van der Waals surface area (Å²) in [7, 11) is 0. The lowest BCUT2D eigenvalue weighted by atomic mass is 9.79. The van der Waals surface area contributed by atoms with Crippen molar-refractivity contribution in [3.05, 3.63) is 23.5 Å². The smallest absolute Gasteiger partial charge is 0.193 e. The first-order valence-corrected chi connectivity index (χ1v) is 6.83. The van der Waals surface area contributed by atoms with E-state index in [-0.39, 0.29) is 5.54 Å². The van der Waals surface area contributed by atoms with Crippen LogP contribution in [0.5, 0.6) is 0 Å². The Bertz CT molecular complexity index is 451. The van der Waals surface area contributed by atoms with Crippen LogP contribution in [0.4, 0.5) is 0 Å². The zero-order valence-corrected chi connectivity index (χ0v) is 10.2. The fourth-order valence-electron chi connectivity index (χ4n) is 2.65. The Morgan fingerprint density at radius 3 is 2.94 bits per heavy atom. The van der Waals surface area contributed by atoms with Crippen LogP contribution in [-0.4, -0.2) is 14.9 Å². The van der Waals surface area contributed by atoms with Gasteiger partial charge in [-0.1, -0.05) is 19.3 Å². The molecule has 1 aliphatic carbocycles. The molecule has 1 saturated carbocycles. The average molecular weight is 235 g/mol. The Hall–Kier alpha value is -0.870. The number of nitrogens with zero attached hydrogens (tertiary/aromatic N) is 2. The van der Waals surface area contributed by atoms with Crippen LogP contribution in [-0.2, 0) is 6.42 Å². The van der Waals surface area contributed by atoms with E-state index < -0.39 is 0 Å². The molecule has 4 heteroatoms. The van der Waals surface area contributed by atoms with Gasteiger partial charge in [-0.15, -0.1) is 11.3 Å². The average Bonchev–Trinajstić information content (AvgIpc) is 2.78. The lowest BCUT2D eigenvalue weighted by Gasteiger charge is -2.32. The van der Waals surface area contributed by atoms with Crippen LogP contribution in [0.25, 0.3) is 4.96 Å². The lowest BCUT2D eigenvalue weighted by molar-refractivity contribution is 0.292. The van der Waals surface area contributed by atoms with Crippen LogP contribution in [0.2, 0.25) is 0 Å². The molecule has 0 radical (unpaired) electrons. The molecule has 0 atom stereocenters. The van der Waals surface area contributed by atoms with Crippen molar-refractivity contribution in [3.63, 3.8) is 0 Å². The minimum Gasteiger partial charge on any atom is -0.325 e. The van der Waals surface area contributed by atoms with Crippen molar-refractivity contribution in [2.75, 3.05) is 0 Å². The fraction of sp³-hybridized carbons (Fsp3) is 0.583. The quantitative estimate of drug-likeness (QED) is 0.869. The van der Waals surface area contributed by atoms with Crippen molar-refractivity contribution in [3.8, 4) is 0 Å². The molecule has 2 heterocycles. The summed E-state index contributed by atoms with van der Waals surface area (Å²) in [6.07, 6.45) is 11.3. The second-order valence-corrected chi connectivity index (χ2v) is 5.80. The molecule has 0 amide bonds. The molecule has 0 bridgehead atoms. The highest BCUT2D eigenvalue weighted by Crippen LogP contribution is 2.29. The highest BCUT2D eigenvalue weighted by atomic mass is 32.1. The molecule has 2 aromatic heterocycles. The summed E-state index contributed by atoms with van der Waals surface area (Å²) in [5.74, 6) is 0. The van der Waals surface area contributed by atoms with Gasteiger partial charge in [0.2, 0.25) is 0 Å². The van der Waals surface area contributed by atoms with Gasteiger partial charge in [-0.2, -0.15) is 0 Å². The minimum atomic E-state index is 0.00226. The van der Waals surface area contributed by atoms with Crippen molar-refractivity contribution in [2.24, 2.45) is 5.73 Å². The Balaban J connectivity index is 1.80. The number of imidazole rings is 1. The van der Waals surface area contributed by atoms with Gasteiger partial charge in [0.25, 0.3) is 0 Å². The summed E-state index contributed by atoms with van der Waals surface area (Å²) in [5.41, 5.74) is 7.59. The summed E-state index contributed by atoms with van der Waals surface area (Å²) >= 11 is 1.68. The third-order valence-electron chi connectivity index (χ3n) is 3.53. The standard InChI is InChI=1S/C12H17N3S/c13-12(4-2-1-3-5-12)8-10-9-15-6-7-16-11(15)14-10/h6-7,9H,1-5,8,13H2. The van der Waals surface area contributed by atoms with E-state index in [1.54, 1.807) is 11.3 Å². The highest BCUT2D eigenvalue weighted by molar-refractivity contribution is 7.15. The van der Waals surface area contributed by atoms with Crippen molar-refractivity contribution in [1.82, 2.24) is 9.38 Å². The predicted molar refractivity (Wildman–Crippen MR) is 66.8 cm³/mol. The highest BCUT2D eigenvalue weighted by Gasteiger charge is 2.28. The molecular weight excluding hydrogens is 218 g/mol. The zero-order valence-electron chi connectivity index (χ0n) is 9.35. The maximum absolute atomic E-state index is 6.44. The van der Waals surface area contributed by atoms with Crippen LogP contribution < -0.4 is 5.73 Å². The lowest BCUT2D eigenvalue weighted by Crippen LogP contribution is -2.43. The maximum Gasteiger partial charge on any atom is 0.193 e. The largest absolute Gasteiger partial charge is 0.325 e. The number of nitrogens with two attached hydrogens (primary N) is 1. The van der Waals surface area contributed by atoms with Gasteiger partial charge in [-0.05, 0) is 12.8 Å². The number of hydrogen-bond donors (Lipinski definition) is 1. The summed E-state index contributed by atoms with van der Waals surface area (Å²) in [4.78, 5) is 5.69. The third-order valence-corrected chi connectivity index (χ3v) is 4.30. The van der Waals surface area contributed by atoms with Gasteiger partial charge in [0.15, 0.2) is 4.96 Å². The van der Waals surface area contributed by atoms with Gasteiger partial charge in [0.05, 0.1) is 5.69 Å². The Kier molecular flexibility index (Phi) is 2.48. The van der Waals surface area contributed by atoms with Crippen molar-refractivity contribution in [2.45, 2.75) is 44.1 Å². The number of thiazole rings is 1. The molecular formula is C12H17N3S. The molecule has 2 aromatic rings. The zero-order chi connectivity index (χ0) is 11.0. The van der Waals surface area contributed by atoms with Gasteiger partial charge in [-0.3, -0.25) is 4.40 Å². The fourth-order valence-corrected chi connectivity index (χ4v) is 3.37. The first kappa shape index (κ1) is 10.3. The molecule has 86 valence electrons. The molecule has 0 aromatic carbocycles. The predicted octanol–water partition coefficient (Wildman–Crippen LogP) is 2.60. The van der Waals surface area contributed by atoms with E-state index in [0.717, 1.165) is 29.9 Å². The molecule has 3 rings (SSSR count). The number of aromatic nitrogens is 2. The molecule has 0 aliphatic heterocycles. The summed E-state index contributed by atoms with van der Waals surface area (Å²) in [5, 5.41) is 2.06. The molecule has 0 unspecified atom stereocenters. The minimum absolute atomic E-state index is 0.00226. The Morgan fingerprint density at radius 2 is 2.19 bits per heavy atom. The summed E-state index contributed by atoms with van der Waals surface area (Å²) < 4.78 is 2.09. The monoisotopic (exact) mass is 235 g/mol. The van der Waals surface area contributed by atoms with Crippen LogP contribution >= 0.6 is 11.3 Å². The van der Waals surface area contributed by atoms with Gasteiger partial charge < -0.3 is 5.73 Å². The van der Waals surface area contributed by atoms with E-state index in [1.807, 2.05) is 0 Å². The molecule has 1 fully saturated rings. The first-order chi connectivity index (χ1) is 7.75. The van der Waals surface area contributed by atoms with Crippen molar-refractivity contribution >= 4 is 16.3 Å². The normalized spacial score (nSPS) is 20.3. The first-order valence-electron chi connectivity index (χ1n) is 5.95. The number of fused-ring (bicyclic) bond motifs is 1. The topological polar surface area (TPSA) is 43.3 Å². The van der Waals surface area contributed by atoms with E-state index in [4.69, 9.17) is 5.73 Å². The molecule has 16 heavy (non-hydrogen) atoms. The summed E-state index contributed by atoms with van der Waals surface area (Å²) in [6, 6.07) is 0. The summed E-state index contributed by atoms with van der Waals surface area (Å²) in [6.45, 7) is 0. The number of hydrogen-bond acceptors (Lipinski definition) is 3. The number of rotatable bonds is 2. The Labute approximate surface area is 99.3 Å². The van der Waals surface area contributed by atoms with Gasteiger partial charge in [0, 0.05) is 29.7 Å². The second kappa shape index (κ2) is 3.86. The van der Waals surface area contributed by atoms with Crippen LogP contribution in [0, 0.1) is 0 Å². The third kappa shape index (κ3) is 1.87. The molecule has 1 aliphatic rings.